The Balaban J connectivity index is 1.74. The van der Waals surface area contributed by atoms with E-state index < -0.39 is 28.5 Å². The molecule has 1 aliphatic carbocycles. The first-order valence-electron chi connectivity index (χ1n) is 13.6. The van der Waals surface area contributed by atoms with Crippen LogP contribution in [0, 0.1) is 6.92 Å². The van der Waals surface area contributed by atoms with E-state index in [1.165, 1.54) is 4.90 Å². The van der Waals surface area contributed by atoms with Crippen LogP contribution < -0.4 is 9.62 Å². The van der Waals surface area contributed by atoms with Gasteiger partial charge in [-0.1, -0.05) is 84.6 Å². The van der Waals surface area contributed by atoms with E-state index in [9.17, 15) is 18.0 Å². The highest BCUT2D eigenvalue weighted by Gasteiger charge is 2.34. The highest BCUT2D eigenvalue weighted by molar-refractivity contribution is 7.92. The topological polar surface area (TPSA) is 86.8 Å². The highest BCUT2D eigenvalue weighted by atomic mass is 35.5. The molecular formula is C31H35Cl2N3O4S. The van der Waals surface area contributed by atoms with Gasteiger partial charge in [0.05, 0.1) is 22.0 Å². The molecule has 41 heavy (non-hydrogen) atoms. The molecule has 1 unspecified atom stereocenters. The van der Waals surface area contributed by atoms with Crippen LogP contribution in [0.1, 0.15) is 42.4 Å². The van der Waals surface area contributed by atoms with Crippen molar-refractivity contribution in [1.82, 2.24) is 10.2 Å². The first-order valence-corrected chi connectivity index (χ1v) is 16.2. The molecule has 7 nitrogen and oxygen atoms in total. The zero-order chi connectivity index (χ0) is 29.6. The first-order chi connectivity index (χ1) is 19.5. The fourth-order valence-corrected chi connectivity index (χ4v) is 6.32. The van der Waals surface area contributed by atoms with Gasteiger partial charge in [-0.3, -0.25) is 13.9 Å². The van der Waals surface area contributed by atoms with Crippen molar-refractivity contribution in [2.45, 2.75) is 57.7 Å². The minimum absolute atomic E-state index is 0.0384. The second-order valence-corrected chi connectivity index (χ2v) is 13.3. The number of rotatable bonds is 11. The van der Waals surface area contributed by atoms with Crippen molar-refractivity contribution in [3.05, 3.63) is 99.5 Å². The van der Waals surface area contributed by atoms with Gasteiger partial charge in [0, 0.05) is 19.0 Å². The van der Waals surface area contributed by atoms with Gasteiger partial charge in [-0.15, -0.1) is 0 Å². The Morgan fingerprint density at radius 2 is 1.63 bits per heavy atom. The molecule has 10 heteroatoms. The summed E-state index contributed by atoms with van der Waals surface area (Å²) < 4.78 is 26.9. The predicted octanol–water partition coefficient (Wildman–Crippen LogP) is 5.77. The molecule has 0 radical (unpaired) electrons. The zero-order valence-electron chi connectivity index (χ0n) is 23.2. The molecule has 1 N–H and O–H groups in total. The van der Waals surface area contributed by atoms with E-state index in [0.29, 0.717) is 21.3 Å². The third-order valence-electron chi connectivity index (χ3n) is 7.28. The highest BCUT2D eigenvalue weighted by Crippen LogP contribution is 2.26. The fourth-order valence-electron chi connectivity index (χ4n) is 5.15. The quantitative estimate of drug-likeness (QED) is 0.297. The Bertz CT molecular complexity index is 1480. The molecule has 218 valence electrons. The summed E-state index contributed by atoms with van der Waals surface area (Å²) in [5.41, 5.74) is 2.78. The summed E-state index contributed by atoms with van der Waals surface area (Å²) >= 11 is 12.4. The third kappa shape index (κ3) is 8.47. The molecule has 0 heterocycles. The summed E-state index contributed by atoms with van der Waals surface area (Å²) in [5, 5.41) is 3.85. The minimum Gasteiger partial charge on any atom is -0.352 e. The number of halogens is 2. The fraction of sp³-hybridized carbons (Fsp3) is 0.355. The van der Waals surface area contributed by atoms with E-state index in [1.54, 1.807) is 36.4 Å². The normalized spacial score (nSPS) is 14.4. The van der Waals surface area contributed by atoms with Crippen LogP contribution in [0.2, 0.25) is 10.0 Å². The maximum atomic E-state index is 14.2. The van der Waals surface area contributed by atoms with E-state index in [1.807, 2.05) is 43.3 Å². The predicted molar refractivity (Wildman–Crippen MR) is 165 cm³/mol. The molecule has 1 fully saturated rings. The monoisotopic (exact) mass is 615 g/mol. The summed E-state index contributed by atoms with van der Waals surface area (Å²) in [6.45, 7) is 1.42. The van der Waals surface area contributed by atoms with Crippen LogP contribution in [0.25, 0.3) is 0 Å². The number of carbonyl (C=O) groups excluding carboxylic acids is 2. The molecule has 3 aromatic rings. The van der Waals surface area contributed by atoms with Crippen molar-refractivity contribution >= 4 is 50.7 Å². The van der Waals surface area contributed by atoms with Crippen LogP contribution in [0.4, 0.5) is 5.69 Å². The number of sulfonamides is 1. The van der Waals surface area contributed by atoms with Gasteiger partial charge in [0.25, 0.3) is 0 Å². The molecule has 0 aliphatic heterocycles. The van der Waals surface area contributed by atoms with Crippen molar-refractivity contribution in [3.8, 4) is 0 Å². The van der Waals surface area contributed by atoms with E-state index in [-0.39, 0.29) is 24.9 Å². The van der Waals surface area contributed by atoms with Crippen molar-refractivity contribution < 1.29 is 18.0 Å². The van der Waals surface area contributed by atoms with E-state index >= 15 is 0 Å². The summed E-state index contributed by atoms with van der Waals surface area (Å²) in [5.74, 6) is -0.777. The number of anilines is 1. The largest absolute Gasteiger partial charge is 0.352 e. The molecular weight excluding hydrogens is 581 g/mol. The van der Waals surface area contributed by atoms with Gasteiger partial charge >= 0.3 is 0 Å². The van der Waals surface area contributed by atoms with Gasteiger partial charge in [0.1, 0.15) is 12.6 Å². The minimum atomic E-state index is -3.83. The Kier molecular flexibility index (Phi) is 10.3. The van der Waals surface area contributed by atoms with Gasteiger partial charge in [0.15, 0.2) is 0 Å². The molecule has 0 bridgehead atoms. The van der Waals surface area contributed by atoms with Crippen molar-refractivity contribution in [2.24, 2.45) is 0 Å². The summed E-state index contributed by atoms with van der Waals surface area (Å²) in [6.07, 6.45) is 5.19. The molecule has 0 saturated heterocycles. The molecule has 1 aliphatic rings. The van der Waals surface area contributed by atoms with Crippen LogP contribution in [0.5, 0.6) is 0 Å². The van der Waals surface area contributed by atoms with Crippen LogP contribution in [-0.2, 0) is 32.6 Å². The lowest BCUT2D eigenvalue weighted by atomic mass is 10.0. The smallest absolute Gasteiger partial charge is 0.244 e. The summed E-state index contributed by atoms with van der Waals surface area (Å²) in [4.78, 5) is 29.5. The average molecular weight is 617 g/mol. The number of nitrogens with one attached hydrogen (secondary N) is 1. The molecule has 3 aromatic carbocycles. The molecule has 0 spiro atoms. The summed E-state index contributed by atoms with van der Waals surface area (Å²) in [6, 6.07) is 20.6. The van der Waals surface area contributed by atoms with Gasteiger partial charge in [-0.05, 0) is 60.7 Å². The Hall–Kier alpha value is -3.07. The second kappa shape index (κ2) is 13.7. The number of nitrogens with zero attached hydrogens (tertiary/aromatic N) is 2. The van der Waals surface area contributed by atoms with E-state index in [4.69, 9.17) is 23.2 Å². The van der Waals surface area contributed by atoms with Crippen LogP contribution in [0.15, 0.2) is 72.8 Å². The maximum absolute atomic E-state index is 14.2. The molecule has 1 atom stereocenters. The third-order valence-corrected chi connectivity index (χ3v) is 9.16. The number of amides is 2. The number of carbonyl (C=O) groups is 2. The number of hydrogen-bond acceptors (Lipinski definition) is 4. The van der Waals surface area contributed by atoms with Crippen molar-refractivity contribution in [1.29, 1.82) is 0 Å². The number of benzene rings is 3. The lowest BCUT2D eigenvalue weighted by Gasteiger charge is -2.34. The van der Waals surface area contributed by atoms with Gasteiger partial charge in [-0.2, -0.15) is 0 Å². The Morgan fingerprint density at radius 1 is 0.927 bits per heavy atom. The first kappa shape index (κ1) is 30.9. The standard InChI is InChI=1S/C31H35Cl2N3O4S/c1-22-9-8-14-26(17-22)36(41(2,39)40)21-30(37)35(20-24-15-16-27(32)28(33)18-24)29(19-23-10-4-3-5-11-23)31(38)34-25-12-6-7-13-25/h3-5,8-11,14-18,25,29H,6-7,12-13,19-21H2,1-2H3,(H,34,38). The van der Waals surface area contributed by atoms with E-state index in [0.717, 1.165) is 47.4 Å². The van der Waals surface area contributed by atoms with Crippen LogP contribution in [0.3, 0.4) is 0 Å². The molecule has 1 saturated carbocycles. The van der Waals surface area contributed by atoms with Crippen molar-refractivity contribution in [3.63, 3.8) is 0 Å². The van der Waals surface area contributed by atoms with E-state index in [2.05, 4.69) is 5.32 Å². The average Bonchev–Trinajstić information content (AvgIpc) is 3.44. The number of aryl methyl sites for hydroxylation is 1. The van der Waals surface area contributed by atoms with Crippen LogP contribution in [-0.4, -0.2) is 50.0 Å². The Labute approximate surface area is 252 Å². The lowest BCUT2D eigenvalue weighted by molar-refractivity contribution is -0.140. The Morgan fingerprint density at radius 3 is 2.27 bits per heavy atom. The molecule has 4 rings (SSSR count). The summed E-state index contributed by atoms with van der Waals surface area (Å²) in [7, 11) is -3.83. The number of hydrogen-bond donors (Lipinski definition) is 1. The second-order valence-electron chi connectivity index (χ2n) is 10.6. The maximum Gasteiger partial charge on any atom is 0.244 e. The SMILES string of the molecule is Cc1cccc(N(CC(=O)N(Cc2ccc(Cl)c(Cl)c2)C(Cc2ccccc2)C(=O)NC2CCCC2)S(C)(=O)=O)c1. The van der Waals surface area contributed by atoms with Crippen molar-refractivity contribution in [2.75, 3.05) is 17.1 Å². The van der Waals surface area contributed by atoms with Gasteiger partial charge in [-0.25, -0.2) is 8.42 Å². The lowest BCUT2D eigenvalue weighted by Crippen LogP contribution is -2.54. The molecule has 0 aromatic heterocycles. The molecule has 2 amide bonds. The zero-order valence-corrected chi connectivity index (χ0v) is 25.6. The van der Waals surface area contributed by atoms with Crippen LogP contribution >= 0.6 is 23.2 Å². The van der Waals surface area contributed by atoms with Gasteiger partial charge < -0.3 is 10.2 Å². The van der Waals surface area contributed by atoms with Gasteiger partial charge in [0.2, 0.25) is 21.8 Å².